The number of benzene rings is 1. The smallest absolute Gasteiger partial charge is 0.253 e. The van der Waals surface area contributed by atoms with Gasteiger partial charge in [-0.25, -0.2) is 0 Å². The van der Waals surface area contributed by atoms with Gasteiger partial charge in [-0.15, -0.1) is 0 Å². The number of nitrogens with one attached hydrogen (secondary N) is 2. The molecule has 1 aliphatic carbocycles. The number of aromatic nitrogens is 2. The maximum absolute atomic E-state index is 12.7. The SMILES string of the molecule is CNC(C(=O)Nc1ccc(C(=O)N(C)C2CCCCC2)cc1)c1cnn(C)c1. The number of aryl methyl sites for hydroxylation is 1. The fourth-order valence-electron chi connectivity index (χ4n) is 3.79. The van der Waals surface area contributed by atoms with Gasteiger partial charge >= 0.3 is 0 Å². The van der Waals surface area contributed by atoms with E-state index in [1.54, 1.807) is 42.2 Å². The molecule has 2 amide bonds. The Hall–Kier alpha value is -2.67. The van der Waals surface area contributed by atoms with Crippen LogP contribution < -0.4 is 10.6 Å². The molecule has 0 spiro atoms. The van der Waals surface area contributed by atoms with Crippen LogP contribution >= 0.6 is 0 Å². The lowest BCUT2D eigenvalue weighted by molar-refractivity contribution is -0.118. The molecule has 28 heavy (non-hydrogen) atoms. The summed E-state index contributed by atoms with van der Waals surface area (Å²) in [7, 11) is 5.44. The van der Waals surface area contributed by atoms with Crippen LogP contribution in [-0.2, 0) is 11.8 Å². The Labute approximate surface area is 166 Å². The van der Waals surface area contributed by atoms with Crippen molar-refractivity contribution in [2.75, 3.05) is 19.4 Å². The van der Waals surface area contributed by atoms with Crippen molar-refractivity contribution in [2.24, 2.45) is 7.05 Å². The van der Waals surface area contributed by atoms with Crippen LogP contribution in [0.4, 0.5) is 5.69 Å². The first-order valence-corrected chi connectivity index (χ1v) is 9.83. The Balaban J connectivity index is 1.63. The van der Waals surface area contributed by atoms with Crippen molar-refractivity contribution < 1.29 is 9.59 Å². The molecular weight excluding hydrogens is 354 g/mol. The Morgan fingerprint density at radius 3 is 2.43 bits per heavy atom. The summed E-state index contributed by atoms with van der Waals surface area (Å²) in [4.78, 5) is 27.2. The zero-order chi connectivity index (χ0) is 20.1. The van der Waals surface area contributed by atoms with Crippen molar-refractivity contribution in [3.63, 3.8) is 0 Å². The predicted octanol–water partition coefficient (Wildman–Crippen LogP) is 2.72. The minimum Gasteiger partial charge on any atom is -0.339 e. The molecular formula is C21H29N5O2. The monoisotopic (exact) mass is 383 g/mol. The summed E-state index contributed by atoms with van der Waals surface area (Å²) >= 11 is 0. The molecule has 3 rings (SSSR count). The van der Waals surface area contributed by atoms with Crippen molar-refractivity contribution in [3.05, 3.63) is 47.8 Å². The fraction of sp³-hybridized carbons (Fsp3) is 0.476. The van der Waals surface area contributed by atoms with Gasteiger partial charge in [-0.2, -0.15) is 5.10 Å². The second-order valence-electron chi connectivity index (χ2n) is 7.44. The standard InChI is InChI=1S/C21H29N5O2/c1-22-19(16-13-23-25(2)14-16)20(27)24-17-11-9-15(10-12-17)21(28)26(3)18-7-5-4-6-8-18/h9-14,18-19,22H,4-8H2,1-3H3,(H,24,27). The zero-order valence-electron chi connectivity index (χ0n) is 16.8. The van der Waals surface area contributed by atoms with Gasteiger partial charge in [0.25, 0.3) is 5.91 Å². The minimum absolute atomic E-state index is 0.0354. The van der Waals surface area contributed by atoms with Gasteiger partial charge in [0.05, 0.1) is 6.20 Å². The van der Waals surface area contributed by atoms with E-state index in [-0.39, 0.29) is 11.8 Å². The van der Waals surface area contributed by atoms with Gasteiger partial charge in [0.15, 0.2) is 0 Å². The Bertz CT molecular complexity index is 808. The molecule has 1 aromatic carbocycles. The Morgan fingerprint density at radius 1 is 1.18 bits per heavy atom. The van der Waals surface area contributed by atoms with E-state index < -0.39 is 6.04 Å². The third-order valence-corrected chi connectivity index (χ3v) is 5.45. The van der Waals surface area contributed by atoms with E-state index in [1.807, 2.05) is 25.2 Å². The van der Waals surface area contributed by atoms with Crippen LogP contribution in [0.2, 0.25) is 0 Å². The van der Waals surface area contributed by atoms with E-state index in [2.05, 4.69) is 15.7 Å². The van der Waals surface area contributed by atoms with Gasteiger partial charge in [-0.05, 0) is 44.2 Å². The maximum Gasteiger partial charge on any atom is 0.253 e. The van der Waals surface area contributed by atoms with Crippen molar-refractivity contribution >= 4 is 17.5 Å². The van der Waals surface area contributed by atoms with Crippen molar-refractivity contribution in [3.8, 4) is 0 Å². The maximum atomic E-state index is 12.7. The normalized spacial score (nSPS) is 15.8. The number of rotatable bonds is 6. The van der Waals surface area contributed by atoms with Gasteiger partial charge in [0, 0.05) is 43.1 Å². The highest BCUT2D eigenvalue weighted by Gasteiger charge is 2.23. The number of hydrogen-bond donors (Lipinski definition) is 2. The topological polar surface area (TPSA) is 79.3 Å². The number of nitrogens with zero attached hydrogens (tertiary/aromatic N) is 3. The van der Waals surface area contributed by atoms with Crippen LogP contribution in [0.25, 0.3) is 0 Å². The van der Waals surface area contributed by atoms with Gasteiger partial charge in [-0.1, -0.05) is 19.3 Å². The lowest BCUT2D eigenvalue weighted by Crippen LogP contribution is -2.38. The highest BCUT2D eigenvalue weighted by atomic mass is 16.2. The Morgan fingerprint density at radius 2 is 1.86 bits per heavy atom. The summed E-state index contributed by atoms with van der Waals surface area (Å²) in [5.41, 5.74) is 2.10. The molecule has 1 saturated carbocycles. The predicted molar refractivity (Wildman–Crippen MR) is 109 cm³/mol. The van der Waals surface area contributed by atoms with Crippen LogP contribution in [0.5, 0.6) is 0 Å². The number of carbonyl (C=O) groups is 2. The lowest BCUT2D eigenvalue weighted by atomic mass is 9.94. The Kier molecular flexibility index (Phi) is 6.46. The number of likely N-dealkylation sites (N-methyl/N-ethyl adjacent to an activating group) is 1. The van der Waals surface area contributed by atoms with Crippen LogP contribution in [0.3, 0.4) is 0 Å². The van der Waals surface area contributed by atoms with E-state index in [0.29, 0.717) is 17.3 Å². The van der Waals surface area contributed by atoms with E-state index in [1.165, 1.54) is 19.3 Å². The molecule has 1 aromatic heterocycles. The first-order valence-electron chi connectivity index (χ1n) is 9.83. The average Bonchev–Trinajstić information content (AvgIpc) is 3.14. The van der Waals surface area contributed by atoms with E-state index in [4.69, 9.17) is 0 Å². The molecule has 1 atom stereocenters. The quantitative estimate of drug-likeness (QED) is 0.804. The highest BCUT2D eigenvalue weighted by Crippen LogP contribution is 2.23. The van der Waals surface area contributed by atoms with Gasteiger partial charge in [-0.3, -0.25) is 14.3 Å². The third-order valence-electron chi connectivity index (χ3n) is 5.45. The van der Waals surface area contributed by atoms with E-state index >= 15 is 0 Å². The first-order chi connectivity index (χ1) is 13.5. The van der Waals surface area contributed by atoms with Gasteiger partial charge < -0.3 is 15.5 Å². The molecule has 1 unspecified atom stereocenters. The summed E-state index contributed by atoms with van der Waals surface area (Å²) in [5, 5.41) is 10.0. The molecule has 150 valence electrons. The average molecular weight is 383 g/mol. The lowest BCUT2D eigenvalue weighted by Gasteiger charge is -2.31. The molecule has 0 aliphatic heterocycles. The van der Waals surface area contributed by atoms with Crippen molar-refractivity contribution in [1.82, 2.24) is 20.0 Å². The first kappa shape index (κ1) is 20.1. The summed E-state index contributed by atoms with van der Waals surface area (Å²) in [6.07, 6.45) is 9.28. The van der Waals surface area contributed by atoms with Crippen LogP contribution in [0, 0.1) is 0 Å². The summed E-state index contributed by atoms with van der Waals surface area (Å²) < 4.78 is 1.66. The second kappa shape index (κ2) is 9.01. The molecule has 2 N–H and O–H groups in total. The van der Waals surface area contributed by atoms with Gasteiger partial charge in [0.2, 0.25) is 5.91 Å². The number of amides is 2. The molecule has 1 heterocycles. The van der Waals surface area contributed by atoms with Crippen LogP contribution in [0.15, 0.2) is 36.7 Å². The molecule has 2 aromatic rings. The van der Waals surface area contributed by atoms with Crippen molar-refractivity contribution in [1.29, 1.82) is 0 Å². The van der Waals surface area contributed by atoms with Crippen LogP contribution in [0.1, 0.15) is 54.1 Å². The molecule has 0 saturated heterocycles. The second-order valence-corrected chi connectivity index (χ2v) is 7.44. The largest absolute Gasteiger partial charge is 0.339 e. The number of anilines is 1. The zero-order valence-corrected chi connectivity index (χ0v) is 16.8. The summed E-state index contributed by atoms with van der Waals surface area (Å²) in [6, 6.07) is 6.93. The third kappa shape index (κ3) is 4.59. The molecule has 1 aliphatic rings. The molecule has 7 nitrogen and oxygen atoms in total. The number of carbonyl (C=O) groups excluding carboxylic acids is 2. The minimum atomic E-state index is -0.493. The molecule has 0 radical (unpaired) electrons. The fourth-order valence-corrected chi connectivity index (χ4v) is 3.79. The number of hydrogen-bond acceptors (Lipinski definition) is 4. The van der Waals surface area contributed by atoms with Crippen LogP contribution in [-0.4, -0.2) is 46.6 Å². The molecule has 1 fully saturated rings. The molecule has 0 bridgehead atoms. The summed E-state index contributed by atoms with van der Waals surface area (Å²) in [6.45, 7) is 0. The van der Waals surface area contributed by atoms with E-state index in [9.17, 15) is 9.59 Å². The van der Waals surface area contributed by atoms with Crippen molar-refractivity contribution in [2.45, 2.75) is 44.2 Å². The highest BCUT2D eigenvalue weighted by molar-refractivity contribution is 5.97. The van der Waals surface area contributed by atoms with Gasteiger partial charge in [0.1, 0.15) is 6.04 Å². The summed E-state index contributed by atoms with van der Waals surface area (Å²) in [5.74, 6) is -0.137. The van der Waals surface area contributed by atoms with E-state index in [0.717, 1.165) is 18.4 Å². The molecule has 7 heteroatoms.